The number of quaternary nitrogens is 1. The number of piperidine rings is 1. The monoisotopic (exact) mass is 416 g/mol. The highest BCUT2D eigenvalue weighted by atomic mass is 16.5. The molecule has 164 valence electrons. The fourth-order valence-corrected chi connectivity index (χ4v) is 4.65. The van der Waals surface area contributed by atoms with Crippen molar-refractivity contribution in [3.63, 3.8) is 0 Å². The maximum absolute atomic E-state index is 13.0. The SMILES string of the molecule is CCOC(=O)c1c(C)n(C)c2ccc(OC)c(NC(=O)C[NH+]3CCCC[C@H]3CC)c12. The number of carbonyl (C=O) groups is 2. The summed E-state index contributed by atoms with van der Waals surface area (Å²) in [6, 6.07) is 4.26. The molecule has 2 heterocycles. The highest BCUT2D eigenvalue weighted by Gasteiger charge is 2.29. The summed E-state index contributed by atoms with van der Waals surface area (Å²) in [4.78, 5) is 27.1. The minimum atomic E-state index is -0.392. The fourth-order valence-electron chi connectivity index (χ4n) is 4.65. The van der Waals surface area contributed by atoms with Crippen molar-refractivity contribution >= 4 is 28.5 Å². The molecular weight excluding hydrogens is 382 g/mol. The number of likely N-dealkylation sites (tertiary alicyclic amines) is 1. The van der Waals surface area contributed by atoms with E-state index in [0.717, 1.165) is 30.6 Å². The number of carbonyl (C=O) groups excluding carboxylic acids is 2. The number of nitrogens with one attached hydrogen (secondary N) is 2. The number of ether oxygens (including phenoxy) is 2. The lowest BCUT2D eigenvalue weighted by Gasteiger charge is -2.31. The molecule has 1 aromatic heterocycles. The van der Waals surface area contributed by atoms with Gasteiger partial charge in [0, 0.05) is 18.1 Å². The van der Waals surface area contributed by atoms with Crippen molar-refractivity contribution in [3.05, 3.63) is 23.4 Å². The van der Waals surface area contributed by atoms with Gasteiger partial charge in [0.25, 0.3) is 5.91 Å². The Hall–Kier alpha value is -2.54. The first-order valence-electron chi connectivity index (χ1n) is 10.9. The van der Waals surface area contributed by atoms with Crippen LogP contribution in [0.2, 0.25) is 0 Å². The average Bonchev–Trinajstić information content (AvgIpc) is 2.99. The van der Waals surface area contributed by atoms with Crippen LogP contribution in [-0.4, -0.2) is 49.3 Å². The second-order valence-corrected chi connectivity index (χ2v) is 8.01. The van der Waals surface area contributed by atoms with Gasteiger partial charge in [0.15, 0.2) is 6.54 Å². The van der Waals surface area contributed by atoms with Crippen molar-refractivity contribution < 1.29 is 24.0 Å². The van der Waals surface area contributed by atoms with E-state index in [4.69, 9.17) is 9.47 Å². The highest BCUT2D eigenvalue weighted by molar-refractivity contribution is 6.14. The summed E-state index contributed by atoms with van der Waals surface area (Å²) in [6.07, 6.45) is 4.64. The third kappa shape index (κ3) is 4.17. The van der Waals surface area contributed by atoms with E-state index in [-0.39, 0.29) is 12.5 Å². The number of esters is 1. The molecule has 2 aromatic rings. The lowest BCUT2D eigenvalue weighted by molar-refractivity contribution is -0.923. The molecule has 2 N–H and O–H groups in total. The summed E-state index contributed by atoms with van der Waals surface area (Å²) in [5, 5.41) is 3.74. The van der Waals surface area contributed by atoms with Crippen LogP contribution in [0.5, 0.6) is 5.75 Å². The first kappa shape index (κ1) is 22.2. The zero-order chi connectivity index (χ0) is 21.8. The number of anilines is 1. The molecule has 1 amide bonds. The largest absolute Gasteiger partial charge is 0.495 e. The molecule has 0 bridgehead atoms. The van der Waals surface area contributed by atoms with E-state index in [1.807, 2.05) is 30.7 Å². The highest BCUT2D eigenvalue weighted by Crippen LogP contribution is 2.38. The predicted octanol–water partition coefficient (Wildman–Crippen LogP) is 2.46. The van der Waals surface area contributed by atoms with Gasteiger partial charge in [0.05, 0.1) is 43.1 Å². The van der Waals surface area contributed by atoms with Crippen LogP contribution in [0.3, 0.4) is 0 Å². The Bertz CT molecular complexity index is 934. The van der Waals surface area contributed by atoms with Crippen LogP contribution in [0.1, 0.15) is 55.6 Å². The maximum Gasteiger partial charge on any atom is 0.340 e. The molecule has 0 saturated carbocycles. The first-order valence-corrected chi connectivity index (χ1v) is 10.9. The molecule has 1 unspecified atom stereocenters. The van der Waals surface area contributed by atoms with Crippen LogP contribution in [-0.2, 0) is 16.6 Å². The summed E-state index contributed by atoms with van der Waals surface area (Å²) in [5.74, 6) is 0.0807. The smallest absolute Gasteiger partial charge is 0.340 e. The lowest BCUT2D eigenvalue weighted by atomic mass is 10.00. The van der Waals surface area contributed by atoms with Crippen molar-refractivity contribution in [2.75, 3.05) is 32.1 Å². The number of methoxy groups -OCH3 is 1. The number of nitrogens with zero attached hydrogens (tertiary/aromatic N) is 1. The van der Waals surface area contributed by atoms with Gasteiger partial charge in [-0.05, 0) is 51.7 Å². The van der Waals surface area contributed by atoms with E-state index in [9.17, 15) is 9.59 Å². The van der Waals surface area contributed by atoms with Crippen molar-refractivity contribution in [1.82, 2.24) is 4.57 Å². The Morgan fingerprint density at radius 1 is 1.27 bits per heavy atom. The summed E-state index contributed by atoms with van der Waals surface area (Å²) < 4.78 is 12.8. The summed E-state index contributed by atoms with van der Waals surface area (Å²) in [5.41, 5.74) is 2.65. The number of fused-ring (bicyclic) bond motifs is 1. The molecule has 3 rings (SSSR count). The van der Waals surface area contributed by atoms with Gasteiger partial charge >= 0.3 is 5.97 Å². The predicted molar refractivity (Wildman–Crippen MR) is 117 cm³/mol. The Balaban J connectivity index is 2.00. The van der Waals surface area contributed by atoms with Gasteiger partial charge in [-0.3, -0.25) is 4.79 Å². The zero-order valence-electron chi connectivity index (χ0n) is 18.8. The molecule has 1 saturated heterocycles. The molecular formula is C23H34N3O4+. The second-order valence-electron chi connectivity index (χ2n) is 8.01. The standard InChI is InChI=1S/C23H33N3O4/c1-6-16-10-8-9-13-26(16)14-19(27)24-22-18(29-5)12-11-17-21(22)20(15(3)25(17)4)23(28)30-7-2/h11-12,16H,6-10,13-14H2,1-5H3,(H,24,27)/p+1/t16-/m1/s1. The number of rotatable bonds is 7. The van der Waals surface area contributed by atoms with Crippen LogP contribution in [0.15, 0.2) is 12.1 Å². The van der Waals surface area contributed by atoms with Gasteiger partial charge in [-0.25, -0.2) is 4.79 Å². The first-order chi connectivity index (χ1) is 14.4. The third-order valence-electron chi connectivity index (χ3n) is 6.34. The van der Waals surface area contributed by atoms with Gasteiger partial charge in [-0.15, -0.1) is 0 Å². The van der Waals surface area contributed by atoms with Gasteiger partial charge in [-0.2, -0.15) is 0 Å². The number of hydrogen-bond donors (Lipinski definition) is 2. The van der Waals surface area contributed by atoms with Crippen LogP contribution < -0.4 is 15.0 Å². The van der Waals surface area contributed by atoms with Gasteiger partial charge in [0.2, 0.25) is 0 Å². The van der Waals surface area contributed by atoms with E-state index in [1.165, 1.54) is 17.7 Å². The van der Waals surface area contributed by atoms with Crippen LogP contribution in [0.4, 0.5) is 5.69 Å². The quantitative estimate of drug-likeness (QED) is 0.680. The molecule has 7 heteroatoms. The van der Waals surface area contributed by atoms with Gasteiger partial charge < -0.3 is 24.3 Å². The summed E-state index contributed by atoms with van der Waals surface area (Å²) in [7, 11) is 3.47. The van der Waals surface area contributed by atoms with Crippen LogP contribution in [0, 0.1) is 6.92 Å². The number of amides is 1. The Labute approximate surface area is 178 Å². The van der Waals surface area contributed by atoms with Crippen LogP contribution >= 0.6 is 0 Å². The normalized spacial score (nSPS) is 19.0. The van der Waals surface area contributed by atoms with Crippen molar-refractivity contribution in [2.45, 2.75) is 52.5 Å². The molecule has 1 aliphatic rings. The van der Waals surface area contributed by atoms with E-state index in [2.05, 4.69) is 12.2 Å². The number of aryl methyl sites for hydroxylation is 1. The van der Waals surface area contributed by atoms with Gasteiger partial charge in [0.1, 0.15) is 5.75 Å². The molecule has 0 spiro atoms. The van der Waals surface area contributed by atoms with E-state index in [0.29, 0.717) is 35.0 Å². The van der Waals surface area contributed by atoms with E-state index >= 15 is 0 Å². The molecule has 2 atom stereocenters. The summed E-state index contributed by atoms with van der Waals surface area (Å²) >= 11 is 0. The molecule has 7 nitrogen and oxygen atoms in total. The van der Waals surface area contributed by atoms with Gasteiger partial charge in [-0.1, -0.05) is 6.92 Å². The van der Waals surface area contributed by atoms with Crippen molar-refractivity contribution in [3.8, 4) is 5.75 Å². The Kier molecular flexibility index (Phi) is 7.02. The average molecular weight is 417 g/mol. The number of hydrogen-bond acceptors (Lipinski definition) is 4. The molecule has 0 aliphatic carbocycles. The molecule has 1 fully saturated rings. The Morgan fingerprint density at radius 2 is 2.03 bits per heavy atom. The zero-order valence-corrected chi connectivity index (χ0v) is 18.8. The number of aromatic nitrogens is 1. The molecule has 1 aromatic carbocycles. The van der Waals surface area contributed by atoms with E-state index in [1.54, 1.807) is 14.0 Å². The Morgan fingerprint density at radius 3 is 2.70 bits per heavy atom. The van der Waals surface area contributed by atoms with Crippen LogP contribution in [0.25, 0.3) is 10.9 Å². The third-order valence-corrected chi connectivity index (χ3v) is 6.34. The summed E-state index contributed by atoms with van der Waals surface area (Å²) in [6.45, 7) is 7.58. The maximum atomic E-state index is 13.0. The second kappa shape index (κ2) is 9.51. The lowest BCUT2D eigenvalue weighted by Crippen LogP contribution is -3.17. The minimum Gasteiger partial charge on any atom is -0.495 e. The minimum absolute atomic E-state index is 0.0625. The fraction of sp³-hybridized carbons (Fsp3) is 0.565. The number of benzene rings is 1. The molecule has 30 heavy (non-hydrogen) atoms. The van der Waals surface area contributed by atoms with Crippen molar-refractivity contribution in [1.29, 1.82) is 0 Å². The molecule has 1 aliphatic heterocycles. The van der Waals surface area contributed by atoms with E-state index < -0.39 is 5.97 Å². The molecule has 0 radical (unpaired) electrons. The van der Waals surface area contributed by atoms with Crippen molar-refractivity contribution in [2.24, 2.45) is 7.05 Å². The topological polar surface area (TPSA) is 74.0 Å².